The van der Waals surface area contributed by atoms with Crippen molar-refractivity contribution in [1.82, 2.24) is 5.01 Å². The summed E-state index contributed by atoms with van der Waals surface area (Å²) < 4.78 is 38.8. The van der Waals surface area contributed by atoms with Gasteiger partial charge in [0, 0.05) is 17.7 Å². The van der Waals surface area contributed by atoms with E-state index in [9.17, 15) is 23.1 Å². The van der Waals surface area contributed by atoms with Crippen LogP contribution in [0.5, 0.6) is 0 Å². The number of hydrogen-bond donors (Lipinski definition) is 1. The second kappa shape index (κ2) is 4.34. The normalized spacial score (nSPS) is 23.4. The van der Waals surface area contributed by atoms with Gasteiger partial charge in [-0.1, -0.05) is 18.2 Å². The highest BCUT2D eigenvalue weighted by Gasteiger charge is 2.62. The first-order valence-corrected chi connectivity index (χ1v) is 5.48. The van der Waals surface area contributed by atoms with Crippen LogP contribution < -0.4 is 0 Å². The molecule has 1 heterocycles. The molecule has 1 aromatic rings. The Kier molecular flexibility index (Phi) is 3.09. The Morgan fingerprint density at radius 2 is 1.95 bits per heavy atom. The zero-order valence-electron chi connectivity index (χ0n) is 9.98. The third kappa shape index (κ3) is 2.21. The van der Waals surface area contributed by atoms with Crippen LogP contribution in [0.2, 0.25) is 0 Å². The average molecular weight is 272 g/mol. The SMILES string of the molecule is CC1=NN(C(=O)c2ccccc2)[C@](O)(C(F)(F)F)C1. The number of hydrazone groups is 1. The lowest BCUT2D eigenvalue weighted by Gasteiger charge is -2.32. The molecule has 0 saturated carbocycles. The van der Waals surface area contributed by atoms with Crippen molar-refractivity contribution < 1.29 is 23.1 Å². The number of alkyl halides is 3. The lowest BCUT2D eigenvalue weighted by molar-refractivity contribution is -0.297. The van der Waals surface area contributed by atoms with E-state index in [1.165, 1.54) is 31.2 Å². The fraction of sp³-hybridized carbons (Fsp3) is 0.333. The summed E-state index contributed by atoms with van der Waals surface area (Å²) in [7, 11) is 0. The first-order chi connectivity index (χ1) is 8.75. The van der Waals surface area contributed by atoms with Crippen molar-refractivity contribution >= 4 is 11.6 Å². The van der Waals surface area contributed by atoms with E-state index in [2.05, 4.69) is 5.10 Å². The van der Waals surface area contributed by atoms with Gasteiger partial charge in [0.05, 0.1) is 0 Å². The maximum Gasteiger partial charge on any atom is 0.438 e. The minimum Gasteiger partial charge on any atom is -0.362 e. The number of nitrogens with zero attached hydrogens (tertiary/aromatic N) is 2. The van der Waals surface area contributed by atoms with Gasteiger partial charge < -0.3 is 5.11 Å². The van der Waals surface area contributed by atoms with Crippen LogP contribution in [0.25, 0.3) is 0 Å². The highest BCUT2D eigenvalue weighted by molar-refractivity contribution is 5.97. The minimum atomic E-state index is -4.97. The third-order valence-corrected chi connectivity index (χ3v) is 2.79. The molecule has 0 fully saturated rings. The summed E-state index contributed by atoms with van der Waals surface area (Å²) in [4.78, 5) is 12.0. The van der Waals surface area contributed by atoms with E-state index in [-0.39, 0.29) is 16.3 Å². The molecule has 19 heavy (non-hydrogen) atoms. The lowest BCUT2D eigenvalue weighted by Crippen LogP contribution is -2.56. The Morgan fingerprint density at radius 1 is 1.37 bits per heavy atom. The number of amides is 1. The number of halogens is 3. The summed E-state index contributed by atoms with van der Waals surface area (Å²) in [6, 6.07) is 7.40. The highest BCUT2D eigenvalue weighted by atomic mass is 19.4. The van der Waals surface area contributed by atoms with Gasteiger partial charge in [0.25, 0.3) is 11.6 Å². The van der Waals surface area contributed by atoms with Gasteiger partial charge in [-0.05, 0) is 19.1 Å². The Balaban J connectivity index is 2.40. The van der Waals surface area contributed by atoms with Crippen LogP contribution in [0.3, 0.4) is 0 Å². The molecule has 0 spiro atoms. The standard InChI is InChI=1S/C12H11F3N2O2/c1-8-7-11(19,12(13,14)15)17(16-8)10(18)9-5-3-2-4-6-9/h2-6,19H,7H2,1H3/t11-/m1/s1. The van der Waals surface area contributed by atoms with E-state index in [1.807, 2.05) is 0 Å². The maximum atomic E-state index is 12.9. The van der Waals surface area contributed by atoms with Gasteiger partial charge in [-0.3, -0.25) is 4.79 Å². The molecule has 1 aromatic carbocycles. The number of carbonyl (C=O) groups excluding carboxylic acids is 1. The summed E-state index contributed by atoms with van der Waals surface area (Å²) in [5, 5.41) is 13.4. The molecule has 1 aliphatic heterocycles. The van der Waals surface area contributed by atoms with E-state index < -0.39 is 24.2 Å². The van der Waals surface area contributed by atoms with Gasteiger partial charge >= 0.3 is 6.18 Å². The molecule has 1 aliphatic rings. The van der Waals surface area contributed by atoms with Crippen LogP contribution in [-0.2, 0) is 0 Å². The third-order valence-electron chi connectivity index (χ3n) is 2.79. The Morgan fingerprint density at radius 3 is 2.47 bits per heavy atom. The van der Waals surface area contributed by atoms with Gasteiger partial charge in [0.2, 0.25) is 0 Å². The van der Waals surface area contributed by atoms with E-state index in [0.717, 1.165) is 0 Å². The number of rotatable bonds is 1. The van der Waals surface area contributed by atoms with Gasteiger partial charge in [-0.2, -0.15) is 23.3 Å². The molecular formula is C12H11F3N2O2. The predicted octanol–water partition coefficient (Wildman–Crippen LogP) is 2.16. The van der Waals surface area contributed by atoms with Crippen molar-refractivity contribution in [3.8, 4) is 0 Å². The Labute approximate surface area is 107 Å². The second-order valence-corrected chi connectivity index (χ2v) is 4.31. The van der Waals surface area contributed by atoms with E-state index in [0.29, 0.717) is 0 Å². The van der Waals surface area contributed by atoms with Crippen LogP contribution in [0.1, 0.15) is 23.7 Å². The fourth-order valence-electron chi connectivity index (χ4n) is 1.86. The number of carbonyl (C=O) groups is 1. The first-order valence-electron chi connectivity index (χ1n) is 5.48. The molecule has 0 saturated heterocycles. The molecule has 1 amide bonds. The molecule has 7 heteroatoms. The van der Waals surface area contributed by atoms with Crippen molar-refractivity contribution in [2.75, 3.05) is 0 Å². The summed E-state index contributed by atoms with van der Waals surface area (Å²) in [5.74, 6) is -0.989. The van der Waals surface area contributed by atoms with Crippen molar-refractivity contribution in [1.29, 1.82) is 0 Å². The van der Waals surface area contributed by atoms with Crippen LogP contribution in [0.4, 0.5) is 13.2 Å². The molecule has 0 aliphatic carbocycles. The van der Waals surface area contributed by atoms with Gasteiger partial charge in [-0.25, -0.2) is 0 Å². The van der Waals surface area contributed by atoms with Crippen molar-refractivity contribution in [3.05, 3.63) is 35.9 Å². The zero-order chi connectivity index (χ0) is 14.3. The van der Waals surface area contributed by atoms with Crippen LogP contribution in [0.15, 0.2) is 35.4 Å². The number of aliphatic hydroxyl groups is 1. The second-order valence-electron chi connectivity index (χ2n) is 4.31. The molecule has 0 aromatic heterocycles. The number of benzene rings is 1. The fourth-order valence-corrected chi connectivity index (χ4v) is 1.86. The monoisotopic (exact) mass is 272 g/mol. The molecule has 0 bridgehead atoms. The summed E-state index contributed by atoms with van der Waals surface area (Å²) in [5.41, 5.74) is -3.20. The largest absolute Gasteiger partial charge is 0.438 e. The molecule has 0 radical (unpaired) electrons. The molecule has 102 valence electrons. The maximum absolute atomic E-state index is 12.9. The molecule has 2 rings (SSSR count). The summed E-state index contributed by atoms with van der Waals surface area (Å²) in [6.45, 7) is 1.33. The first kappa shape index (κ1) is 13.5. The van der Waals surface area contributed by atoms with E-state index in [1.54, 1.807) is 6.07 Å². The summed E-state index contributed by atoms with van der Waals surface area (Å²) in [6.07, 6.45) is -5.71. The molecule has 4 nitrogen and oxygen atoms in total. The smallest absolute Gasteiger partial charge is 0.362 e. The van der Waals surface area contributed by atoms with Gasteiger partial charge in [0.15, 0.2) is 0 Å². The van der Waals surface area contributed by atoms with Crippen LogP contribution in [0, 0.1) is 0 Å². The van der Waals surface area contributed by atoms with Crippen molar-refractivity contribution in [3.63, 3.8) is 0 Å². The summed E-state index contributed by atoms with van der Waals surface area (Å²) >= 11 is 0. The van der Waals surface area contributed by atoms with E-state index in [4.69, 9.17) is 0 Å². The topological polar surface area (TPSA) is 52.9 Å². The van der Waals surface area contributed by atoms with Crippen molar-refractivity contribution in [2.24, 2.45) is 5.10 Å². The van der Waals surface area contributed by atoms with Crippen LogP contribution >= 0.6 is 0 Å². The predicted molar refractivity (Wildman–Crippen MR) is 61.3 cm³/mol. The molecule has 0 unspecified atom stereocenters. The number of hydrogen-bond acceptors (Lipinski definition) is 3. The Bertz CT molecular complexity index is 528. The van der Waals surface area contributed by atoms with E-state index >= 15 is 0 Å². The molecular weight excluding hydrogens is 261 g/mol. The van der Waals surface area contributed by atoms with Crippen LogP contribution in [-0.4, -0.2) is 33.6 Å². The van der Waals surface area contributed by atoms with Gasteiger partial charge in [-0.15, -0.1) is 0 Å². The minimum absolute atomic E-state index is 0.0311. The quantitative estimate of drug-likeness (QED) is 0.851. The lowest BCUT2D eigenvalue weighted by atomic mass is 10.1. The zero-order valence-corrected chi connectivity index (χ0v) is 9.98. The average Bonchev–Trinajstić information content (AvgIpc) is 2.65. The van der Waals surface area contributed by atoms with Crippen molar-refractivity contribution in [2.45, 2.75) is 25.2 Å². The van der Waals surface area contributed by atoms with Gasteiger partial charge in [0.1, 0.15) is 0 Å². The molecule has 1 atom stereocenters. The highest BCUT2D eigenvalue weighted by Crippen LogP contribution is 2.40. The Hall–Kier alpha value is -1.89. The molecule has 1 N–H and O–H groups in total.